The van der Waals surface area contributed by atoms with Crippen LogP contribution in [0.1, 0.15) is 159 Å². The Hall–Kier alpha value is -3.52. The van der Waals surface area contributed by atoms with Crippen molar-refractivity contribution in [2.75, 3.05) is 0 Å². The van der Waals surface area contributed by atoms with Crippen molar-refractivity contribution in [1.82, 2.24) is 9.80 Å². The monoisotopic (exact) mass is 1080 g/mol. The molecule has 4 aromatic rings. The van der Waals surface area contributed by atoms with Gasteiger partial charge in [0.15, 0.2) is 0 Å². The highest BCUT2D eigenvalue weighted by molar-refractivity contribution is 8.26. The molecule has 8 rings (SSSR count). The van der Waals surface area contributed by atoms with Gasteiger partial charge in [-0.05, 0) is 148 Å². The van der Waals surface area contributed by atoms with Crippen molar-refractivity contribution in [2.24, 2.45) is 9.98 Å². The van der Waals surface area contributed by atoms with Gasteiger partial charge >= 0.3 is 5.97 Å². The summed E-state index contributed by atoms with van der Waals surface area (Å²) in [5.74, 6) is -1.18. The van der Waals surface area contributed by atoms with Gasteiger partial charge in [-0.1, -0.05) is 110 Å². The molecule has 2 amide bonds. The van der Waals surface area contributed by atoms with Gasteiger partial charge in [0, 0.05) is 58.1 Å². The molecule has 1 N–H and O–H groups in total. The lowest BCUT2D eigenvalue weighted by atomic mass is 9.86. The van der Waals surface area contributed by atoms with Gasteiger partial charge in [-0.15, -0.1) is 0 Å². The lowest BCUT2D eigenvalue weighted by Crippen LogP contribution is -2.50. The molecule has 2 saturated carbocycles. The summed E-state index contributed by atoms with van der Waals surface area (Å²) in [4.78, 5) is 64.7. The number of carboxylic acids is 1. The number of carbonyl (C=O) groups excluding carboxylic acids is 3. The smallest absolute Gasteiger partial charge is 0.335 e. The molecule has 0 radical (unpaired) electrons. The van der Waals surface area contributed by atoms with Crippen molar-refractivity contribution in [2.45, 2.75) is 127 Å². The molecule has 2 aliphatic carbocycles. The molecule has 0 aromatic heterocycles. The predicted octanol–water partition coefficient (Wildman–Crippen LogP) is 14.8. The highest BCUT2D eigenvalue weighted by Crippen LogP contribution is 2.47. The molecular weight excluding hydrogens is 1030 g/mol. The Morgan fingerprint density at radius 1 is 0.603 bits per heavy atom. The number of carbonyl (C=O) groups is 4. The minimum Gasteiger partial charge on any atom is -0.478 e. The van der Waals surface area contributed by atoms with Crippen molar-refractivity contribution >= 4 is 123 Å². The molecule has 2 fully saturated rings. The van der Waals surface area contributed by atoms with Crippen LogP contribution >= 0.6 is 79.4 Å². The number of hydrogen-bond donors (Lipinski definition) is 1. The minimum atomic E-state index is -1.67. The molecule has 10 nitrogen and oxygen atoms in total. The van der Waals surface area contributed by atoms with E-state index < -0.39 is 31.8 Å². The lowest BCUT2D eigenvalue weighted by Gasteiger charge is -2.44. The number of rotatable bonds is 12. The molecule has 2 atom stereocenters. The second-order valence-electron chi connectivity index (χ2n) is 17.3. The largest absolute Gasteiger partial charge is 0.478 e. The second-order valence-corrected chi connectivity index (χ2v) is 21.9. The minimum absolute atomic E-state index is 0.0961. The molecule has 2 aliphatic heterocycles. The van der Waals surface area contributed by atoms with Gasteiger partial charge in [-0.25, -0.2) is 9.00 Å². The molecule has 2 spiro atoms. The summed E-state index contributed by atoms with van der Waals surface area (Å²) < 4.78 is 9.09. The van der Waals surface area contributed by atoms with Crippen LogP contribution in [0.15, 0.2) is 94.9 Å². The van der Waals surface area contributed by atoms with Crippen LogP contribution in [-0.4, -0.2) is 64.9 Å². The van der Waals surface area contributed by atoms with E-state index in [4.69, 9.17) is 72.2 Å². The fourth-order valence-corrected chi connectivity index (χ4v) is 11.1. The first-order valence-electron chi connectivity index (χ1n) is 22.6. The zero-order valence-corrected chi connectivity index (χ0v) is 43.6. The first-order chi connectivity index (χ1) is 32.4. The van der Waals surface area contributed by atoms with E-state index >= 15 is 0 Å². The fraction of sp³-hybridized carbons (Fsp3) is 0.400. The summed E-state index contributed by atoms with van der Waals surface area (Å²) >= 11 is 30.6. The van der Waals surface area contributed by atoms with Gasteiger partial charge < -0.3 is 14.9 Å². The van der Waals surface area contributed by atoms with Crippen LogP contribution in [0.2, 0.25) is 20.1 Å². The van der Waals surface area contributed by atoms with Crippen LogP contribution < -0.4 is 0 Å². The Bertz CT molecular complexity index is 2370. The Labute approximate surface area is 433 Å². The van der Waals surface area contributed by atoms with Gasteiger partial charge in [0.05, 0.1) is 17.6 Å². The summed E-state index contributed by atoms with van der Waals surface area (Å²) in [5.41, 5.74) is 3.53. The number of hydrogen-bond acceptors (Lipinski definition) is 7. The maximum absolute atomic E-state index is 13.9. The summed E-state index contributed by atoms with van der Waals surface area (Å²) in [7, 11) is 7.36. The van der Waals surface area contributed by atoms with E-state index in [1.54, 1.807) is 60.7 Å². The van der Waals surface area contributed by atoms with Crippen molar-refractivity contribution in [3.63, 3.8) is 0 Å². The number of aliphatic imine (C=N–C) groups is 2. The number of nitrogens with zero attached hydrogens (tertiary/aromatic N) is 4. The Balaban J connectivity index is 0.000000208. The Morgan fingerprint density at radius 3 is 1.22 bits per heavy atom. The molecule has 4 aromatic carbocycles. The fourth-order valence-electron chi connectivity index (χ4n) is 9.91. The molecule has 0 saturated heterocycles. The topological polar surface area (TPSA) is 137 Å². The maximum atomic E-state index is 13.9. The molecule has 362 valence electrons. The van der Waals surface area contributed by atoms with Crippen molar-refractivity contribution in [1.29, 1.82) is 0 Å². The summed E-state index contributed by atoms with van der Waals surface area (Å²) in [6, 6.07) is 24.0. The van der Waals surface area contributed by atoms with Crippen LogP contribution in [0.3, 0.4) is 0 Å². The molecule has 0 unspecified atom stereocenters. The number of carboxylic acid groups (broad SMARTS) is 1. The Morgan fingerprint density at radius 2 is 0.926 bits per heavy atom. The molecule has 2 heterocycles. The highest BCUT2D eigenvalue weighted by Gasteiger charge is 2.52. The van der Waals surface area contributed by atoms with E-state index in [1.165, 1.54) is 0 Å². The van der Waals surface area contributed by atoms with Gasteiger partial charge in [-0.3, -0.25) is 24.4 Å². The average Bonchev–Trinajstić information content (AvgIpc) is 3.72. The SMILES string of the molecule is CCC[C@H](c1ccc(C(=O)Cl)cc1)N1C(=O)C(c2cc(Cl)cc(Cl)c2)=NC12CCCCC2.CCC[C@H](c1ccc(C(=O)O)cc1)N1C(=O)C(c2cc(Cl)cc(Cl)c2)=NC12CCCCC2.O=S(Cl)Cl. The lowest BCUT2D eigenvalue weighted by molar-refractivity contribution is -0.133. The van der Waals surface area contributed by atoms with E-state index in [0.29, 0.717) is 48.2 Å². The van der Waals surface area contributed by atoms with Gasteiger partial charge in [-0.2, -0.15) is 0 Å². The predicted molar refractivity (Wildman–Crippen MR) is 276 cm³/mol. The number of benzene rings is 4. The molecule has 18 heteroatoms. The van der Waals surface area contributed by atoms with Gasteiger partial charge in [0.25, 0.3) is 17.1 Å². The second kappa shape index (κ2) is 24.1. The molecular formula is C50H51Cl7N4O6S. The zero-order valence-electron chi connectivity index (χ0n) is 37.5. The quantitative estimate of drug-likeness (QED) is 0.140. The van der Waals surface area contributed by atoms with Crippen LogP contribution in [0.5, 0.6) is 0 Å². The summed E-state index contributed by atoms with van der Waals surface area (Å²) in [6.45, 7) is 4.20. The van der Waals surface area contributed by atoms with E-state index in [1.807, 2.05) is 34.1 Å². The van der Waals surface area contributed by atoms with Crippen LogP contribution in [0, 0.1) is 0 Å². The van der Waals surface area contributed by atoms with Crippen molar-refractivity contribution in [3.05, 3.63) is 138 Å². The summed E-state index contributed by atoms with van der Waals surface area (Å²) in [5, 5.41) is 10.7. The number of aromatic carboxylic acids is 1. The van der Waals surface area contributed by atoms with Crippen molar-refractivity contribution < 1.29 is 28.5 Å². The zero-order chi connectivity index (χ0) is 49.3. The molecule has 68 heavy (non-hydrogen) atoms. The van der Waals surface area contributed by atoms with Crippen LogP contribution in [0.25, 0.3) is 0 Å². The van der Waals surface area contributed by atoms with Crippen molar-refractivity contribution in [3.8, 4) is 0 Å². The third-order valence-corrected chi connectivity index (χ3v) is 13.9. The van der Waals surface area contributed by atoms with Crippen LogP contribution in [0.4, 0.5) is 0 Å². The van der Waals surface area contributed by atoms with E-state index in [2.05, 4.69) is 35.2 Å². The van der Waals surface area contributed by atoms with Gasteiger partial charge in [0.2, 0.25) is 9.23 Å². The molecule has 4 aliphatic rings. The normalized spacial score (nSPS) is 18.1. The third kappa shape index (κ3) is 12.7. The highest BCUT2D eigenvalue weighted by atomic mass is 36.0. The number of amides is 2. The van der Waals surface area contributed by atoms with E-state index in [0.717, 1.165) is 101 Å². The first kappa shape index (κ1) is 53.8. The van der Waals surface area contributed by atoms with E-state index in [-0.39, 0.29) is 29.5 Å². The van der Waals surface area contributed by atoms with Crippen LogP contribution in [-0.2, 0) is 18.8 Å². The molecule has 0 bridgehead atoms. The first-order valence-corrected chi connectivity index (χ1v) is 27.3. The summed E-state index contributed by atoms with van der Waals surface area (Å²) in [6.07, 6.45) is 12.9. The standard InChI is InChI=1S/C25H25Cl3N2O2.C25H26Cl2N2O3.Cl2OS/c1-2-6-21(16-7-9-17(10-8-16)23(28)31)30-24(32)22(18-13-19(26)15-20(27)14-18)29-25(30)11-4-3-5-12-25;1-2-6-21(16-7-9-17(10-8-16)24(31)32)29-23(30)22(18-13-19(26)15-20(27)14-18)28-25(29)11-4-3-5-12-25;1-4(2)3/h7-10,13-15,21H,2-6,11-12H2,1H3;7-10,13-15,21H,2-6,11-12H2,1H3,(H,31,32);/t2*21-;/m11./s1. The maximum Gasteiger partial charge on any atom is 0.335 e. The van der Waals surface area contributed by atoms with Gasteiger partial charge in [0.1, 0.15) is 22.7 Å². The third-order valence-electron chi connectivity index (χ3n) is 12.8. The van der Waals surface area contributed by atoms with E-state index in [9.17, 15) is 24.3 Å². The average molecular weight is 1080 g/mol. The Kier molecular flexibility index (Phi) is 19.0. The number of halogens is 7.